The van der Waals surface area contributed by atoms with E-state index in [1.54, 1.807) is 7.11 Å². The number of hydrogen-bond acceptors (Lipinski definition) is 5. The van der Waals surface area contributed by atoms with Crippen LogP contribution in [-0.2, 0) is 4.74 Å². The lowest BCUT2D eigenvalue weighted by molar-refractivity contribution is 0.174. The summed E-state index contributed by atoms with van der Waals surface area (Å²) in [7, 11) is 1.73. The lowest BCUT2D eigenvalue weighted by atomic mass is 9.96. The standard InChI is InChI=1S/C25H28N4O3S/c1-16-13-19(17(2)29(16)18-8-9-21-22(14-18)32-15-31-21)24-23(20-7-4-5-10-26-20)27-25(33)28(24)11-6-12-30-3/h4-5,7-10,13-14,23-24H,6,11-12,15H2,1-3H3,(H,27,33)/t23-,24+/m0/s1. The van der Waals surface area contributed by atoms with Gasteiger partial charge in [0.2, 0.25) is 6.79 Å². The van der Waals surface area contributed by atoms with Gasteiger partial charge in [0, 0.05) is 49.6 Å². The van der Waals surface area contributed by atoms with E-state index in [9.17, 15) is 0 Å². The summed E-state index contributed by atoms with van der Waals surface area (Å²) in [6.45, 7) is 6.06. The van der Waals surface area contributed by atoms with Gasteiger partial charge in [0.15, 0.2) is 16.6 Å². The Morgan fingerprint density at radius 2 is 2.00 bits per heavy atom. The second-order valence-corrected chi connectivity index (χ2v) is 8.75. The topological polar surface area (TPSA) is 60.8 Å². The molecule has 33 heavy (non-hydrogen) atoms. The number of rotatable bonds is 7. The molecular formula is C25H28N4O3S. The average molecular weight is 465 g/mol. The van der Waals surface area contributed by atoms with Gasteiger partial charge in [0.05, 0.1) is 17.8 Å². The molecule has 2 aliphatic heterocycles. The summed E-state index contributed by atoms with van der Waals surface area (Å²) in [4.78, 5) is 6.92. The molecule has 2 aliphatic rings. The van der Waals surface area contributed by atoms with Crippen LogP contribution in [0.25, 0.3) is 5.69 Å². The number of aryl methyl sites for hydroxylation is 1. The van der Waals surface area contributed by atoms with Crippen LogP contribution in [0.5, 0.6) is 11.5 Å². The van der Waals surface area contributed by atoms with E-state index >= 15 is 0 Å². The molecule has 1 aromatic carbocycles. The Balaban J connectivity index is 1.57. The van der Waals surface area contributed by atoms with E-state index < -0.39 is 0 Å². The Kier molecular flexibility index (Phi) is 5.95. The fraction of sp³-hybridized carbons (Fsp3) is 0.360. The van der Waals surface area contributed by atoms with Crippen molar-refractivity contribution in [3.63, 3.8) is 0 Å². The SMILES string of the molecule is COCCCN1C(=S)N[C@@H](c2ccccn2)[C@H]1c1cc(C)n(-c2ccc3c(c2)OCO3)c1C. The van der Waals surface area contributed by atoms with Crippen LogP contribution in [0.1, 0.15) is 41.1 Å². The molecule has 0 spiro atoms. The van der Waals surface area contributed by atoms with Gasteiger partial charge >= 0.3 is 0 Å². The third-order valence-corrected chi connectivity index (χ3v) is 6.70. The molecule has 1 saturated heterocycles. The average Bonchev–Trinajstić information content (AvgIpc) is 3.50. The predicted molar refractivity (Wildman–Crippen MR) is 130 cm³/mol. The van der Waals surface area contributed by atoms with Gasteiger partial charge < -0.3 is 29.0 Å². The van der Waals surface area contributed by atoms with Crippen LogP contribution in [0.3, 0.4) is 0 Å². The summed E-state index contributed by atoms with van der Waals surface area (Å²) in [6, 6.07) is 14.3. The number of aromatic nitrogens is 2. The molecule has 7 nitrogen and oxygen atoms in total. The number of nitrogens with zero attached hydrogens (tertiary/aromatic N) is 3. The van der Waals surface area contributed by atoms with Crippen molar-refractivity contribution in [1.82, 2.24) is 19.8 Å². The van der Waals surface area contributed by atoms with E-state index in [4.69, 9.17) is 26.4 Å². The quantitative estimate of drug-likeness (QED) is 0.415. The smallest absolute Gasteiger partial charge is 0.231 e. The fourth-order valence-electron chi connectivity index (χ4n) is 4.87. The largest absolute Gasteiger partial charge is 0.454 e. The van der Waals surface area contributed by atoms with Crippen LogP contribution >= 0.6 is 12.2 Å². The number of pyridine rings is 1. The minimum absolute atomic E-state index is 0.0261. The highest BCUT2D eigenvalue weighted by Gasteiger charge is 2.41. The number of methoxy groups -OCH3 is 1. The first kappa shape index (κ1) is 21.7. The van der Waals surface area contributed by atoms with E-state index in [1.165, 1.54) is 11.3 Å². The summed E-state index contributed by atoms with van der Waals surface area (Å²) in [5, 5.41) is 4.28. The normalized spacial score (nSPS) is 19.2. The number of fused-ring (bicyclic) bond motifs is 1. The number of nitrogens with one attached hydrogen (secondary N) is 1. The molecule has 0 bridgehead atoms. The number of ether oxygens (including phenoxy) is 3. The lowest BCUT2D eigenvalue weighted by Gasteiger charge is -2.28. The number of thiocarbonyl (C=S) groups is 1. The maximum Gasteiger partial charge on any atom is 0.231 e. The van der Waals surface area contributed by atoms with Crippen LogP contribution in [0.4, 0.5) is 0 Å². The van der Waals surface area contributed by atoms with Crippen molar-refractivity contribution in [2.45, 2.75) is 32.4 Å². The number of benzene rings is 1. The first-order chi connectivity index (χ1) is 16.1. The molecule has 172 valence electrons. The van der Waals surface area contributed by atoms with Crippen LogP contribution in [0, 0.1) is 13.8 Å². The zero-order valence-corrected chi connectivity index (χ0v) is 19.9. The molecule has 0 unspecified atom stereocenters. The van der Waals surface area contributed by atoms with Gasteiger partial charge in [-0.2, -0.15) is 0 Å². The van der Waals surface area contributed by atoms with Crippen molar-refractivity contribution < 1.29 is 14.2 Å². The van der Waals surface area contributed by atoms with Gasteiger partial charge in [-0.15, -0.1) is 0 Å². The first-order valence-corrected chi connectivity index (χ1v) is 11.5. The molecule has 8 heteroatoms. The fourth-order valence-corrected chi connectivity index (χ4v) is 5.20. The van der Waals surface area contributed by atoms with E-state index in [-0.39, 0.29) is 18.9 Å². The maximum absolute atomic E-state index is 5.78. The van der Waals surface area contributed by atoms with E-state index in [0.29, 0.717) is 6.61 Å². The van der Waals surface area contributed by atoms with Gasteiger partial charge in [-0.3, -0.25) is 4.98 Å². The van der Waals surface area contributed by atoms with Gasteiger partial charge in [-0.1, -0.05) is 6.07 Å². The molecule has 5 rings (SSSR count). The maximum atomic E-state index is 5.78. The zero-order valence-electron chi connectivity index (χ0n) is 19.1. The third-order valence-electron chi connectivity index (χ3n) is 6.35. The van der Waals surface area contributed by atoms with Crippen molar-refractivity contribution in [1.29, 1.82) is 0 Å². The summed E-state index contributed by atoms with van der Waals surface area (Å²) in [5.74, 6) is 1.56. The molecule has 1 fully saturated rings. The van der Waals surface area contributed by atoms with Crippen molar-refractivity contribution in [3.8, 4) is 17.2 Å². The first-order valence-electron chi connectivity index (χ1n) is 11.1. The van der Waals surface area contributed by atoms with Crippen LogP contribution < -0.4 is 14.8 Å². The molecule has 4 heterocycles. The van der Waals surface area contributed by atoms with Crippen LogP contribution in [-0.4, -0.2) is 46.6 Å². The molecule has 0 radical (unpaired) electrons. The van der Waals surface area contributed by atoms with E-state index in [2.05, 4.69) is 51.8 Å². The Hall–Kier alpha value is -3.10. The van der Waals surface area contributed by atoms with Crippen molar-refractivity contribution in [2.24, 2.45) is 0 Å². The molecule has 1 N–H and O–H groups in total. The highest BCUT2D eigenvalue weighted by atomic mass is 32.1. The van der Waals surface area contributed by atoms with E-state index in [0.717, 1.165) is 46.7 Å². The Morgan fingerprint density at radius 1 is 1.15 bits per heavy atom. The highest BCUT2D eigenvalue weighted by molar-refractivity contribution is 7.80. The molecule has 0 aliphatic carbocycles. The van der Waals surface area contributed by atoms with E-state index in [1.807, 2.05) is 30.5 Å². The molecular weight excluding hydrogens is 436 g/mol. The second-order valence-electron chi connectivity index (χ2n) is 8.37. The van der Waals surface area contributed by atoms with Crippen molar-refractivity contribution in [2.75, 3.05) is 27.1 Å². The summed E-state index contributed by atoms with van der Waals surface area (Å²) in [5.41, 5.74) is 5.57. The third kappa shape index (κ3) is 3.94. The minimum Gasteiger partial charge on any atom is -0.454 e. The van der Waals surface area contributed by atoms with Gasteiger partial charge in [-0.05, 0) is 68.4 Å². The van der Waals surface area contributed by atoms with Gasteiger partial charge in [0.25, 0.3) is 0 Å². The molecule has 0 saturated carbocycles. The Bertz CT molecular complexity index is 1160. The van der Waals surface area contributed by atoms with Gasteiger partial charge in [0.1, 0.15) is 0 Å². The summed E-state index contributed by atoms with van der Waals surface area (Å²) >= 11 is 5.78. The van der Waals surface area contributed by atoms with Crippen molar-refractivity contribution in [3.05, 3.63) is 71.3 Å². The summed E-state index contributed by atoms with van der Waals surface area (Å²) < 4.78 is 18.7. The van der Waals surface area contributed by atoms with Crippen LogP contribution in [0.15, 0.2) is 48.7 Å². The van der Waals surface area contributed by atoms with Crippen molar-refractivity contribution >= 4 is 17.3 Å². The molecule has 0 amide bonds. The second kappa shape index (κ2) is 9.03. The zero-order chi connectivity index (χ0) is 22.9. The summed E-state index contributed by atoms with van der Waals surface area (Å²) in [6.07, 6.45) is 2.73. The molecule has 2 atom stereocenters. The minimum atomic E-state index is -0.0352. The lowest BCUT2D eigenvalue weighted by Crippen LogP contribution is -2.31. The monoisotopic (exact) mass is 464 g/mol. The highest BCUT2D eigenvalue weighted by Crippen LogP contribution is 2.42. The Morgan fingerprint density at radius 3 is 2.79 bits per heavy atom. The number of hydrogen-bond donors (Lipinski definition) is 1. The van der Waals surface area contributed by atoms with Crippen LogP contribution in [0.2, 0.25) is 0 Å². The predicted octanol–water partition coefficient (Wildman–Crippen LogP) is 4.23. The van der Waals surface area contributed by atoms with Gasteiger partial charge in [-0.25, -0.2) is 0 Å². The molecule has 2 aromatic heterocycles. The Labute approximate surface area is 199 Å². The molecule has 3 aromatic rings.